The third kappa shape index (κ3) is 4.84. The lowest BCUT2D eigenvalue weighted by molar-refractivity contribution is -0.249. The number of hydrazone groups is 1. The topological polar surface area (TPSA) is 15.6 Å². The highest BCUT2D eigenvalue weighted by molar-refractivity contribution is 6.33. The molecule has 0 bridgehead atoms. The van der Waals surface area contributed by atoms with E-state index in [-0.39, 0.29) is 16.3 Å². The molecule has 1 atom stereocenters. The number of nitrogens with zero attached hydrogens (tertiary/aromatic N) is 2. The lowest BCUT2D eigenvalue weighted by Gasteiger charge is -2.25. The van der Waals surface area contributed by atoms with Crippen molar-refractivity contribution in [2.75, 3.05) is 5.01 Å². The Morgan fingerprint density at radius 1 is 0.771 bits per heavy atom. The Balaban J connectivity index is 1.71. The molecule has 0 saturated heterocycles. The fourth-order valence-electron chi connectivity index (χ4n) is 3.76. The van der Waals surface area contributed by atoms with Crippen molar-refractivity contribution in [2.24, 2.45) is 5.10 Å². The molecule has 3 aromatic carbocycles. The van der Waals surface area contributed by atoms with Gasteiger partial charge in [0.2, 0.25) is 0 Å². The van der Waals surface area contributed by atoms with Crippen LogP contribution in [0.2, 0.25) is 5.02 Å². The van der Waals surface area contributed by atoms with Gasteiger partial charge in [0, 0.05) is 6.42 Å². The monoisotopic (exact) mass is 518 g/mol. The SMILES string of the molecule is FC(F)(F)c1cccc(-c2ccc(C3CC(C(F)(F)C(F)(F)F)=NN3c3ccccc3Cl)cc2)c1. The summed E-state index contributed by atoms with van der Waals surface area (Å²) in [7, 11) is 0. The smallest absolute Gasteiger partial charge is 0.256 e. The molecule has 0 aliphatic carbocycles. The first-order valence-corrected chi connectivity index (χ1v) is 10.5. The molecular weight excluding hydrogens is 504 g/mol. The Morgan fingerprint density at radius 3 is 2.03 bits per heavy atom. The Bertz CT molecular complexity index is 1250. The van der Waals surface area contributed by atoms with Crippen molar-refractivity contribution in [2.45, 2.75) is 30.7 Å². The van der Waals surface area contributed by atoms with Crippen molar-refractivity contribution < 1.29 is 35.1 Å². The standard InChI is InChI=1S/C24H15ClF8N2/c25-18-6-1-2-7-19(18)35-20(13-21(34-35)22(26,27)24(31,32)33)15-10-8-14(9-11-15)16-4-3-5-17(12-16)23(28,29)30/h1-12,20H,13H2. The van der Waals surface area contributed by atoms with Gasteiger partial charge in [0.25, 0.3) is 0 Å². The first-order chi connectivity index (χ1) is 16.3. The highest BCUT2D eigenvalue weighted by Crippen LogP contribution is 2.46. The summed E-state index contributed by atoms with van der Waals surface area (Å²) in [4.78, 5) is 0. The van der Waals surface area contributed by atoms with Crippen LogP contribution in [-0.4, -0.2) is 17.8 Å². The second kappa shape index (κ2) is 8.82. The van der Waals surface area contributed by atoms with Gasteiger partial charge in [-0.15, -0.1) is 0 Å². The van der Waals surface area contributed by atoms with Crippen LogP contribution < -0.4 is 5.01 Å². The van der Waals surface area contributed by atoms with Gasteiger partial charge in [-0.25, -0.2) is 0 Å². The summed E-state index contributed by atoms with van der Waals surface area (Å²) in [5.74, 6) is -5.15. The number of benzene rings is 3. The van der Waals surface area contributed by atoms with Crippen LogP contribution in [0.3, 0.4) is 0 Å². The van der Waals surface area contributed by atoms with Crippen LogP contribution in [0, 0.1) is 0 Å². The van der Waals surface area contributed by atoms with Crippen LogP contribution in [0.25, 0.3) is 11.1 Å². The highest BCUT2D eigenvalue weighted by atomic mass is 35.5. The quantitative estimate of drug-likeness (QED) is 0.316. The molecule has 1 aliphatic heterocycles. The van der Waals surface area contributed by atoms with Crippen molar-refractivity contribution >= 4 is 23.0 Å². The summed E-state index contributed by atoms with van der Waals surface area (Å²) in [6.07, 6.45) is -11.1. The molecule has 0 amide bonds. The molecule has 3 aromatic rings. The first kappa shape index (κ1) is 25.0. The van der Waals surface area contributed by atoms with Gasteiger partial charge in [-0.3, -0.25) is 5.01 Å². The molecule has 1 unspecified atom stereocenters. The molecule has 11 heteroatoms. The van der Waals surface area contributed by atoms with Crippen molar-refractivity contribution in [3.05, 3.63) is 88.9 Å². The number of para-hydroxylation sites is 1. The average molecular weight is 519 g/mol. The Hall–Kier alpha value is -3.14. The molecule has 1 heterocycles. The number of alkyl halides is 8. The van der Waals surface area contributed by atoms with Crippen LogP contribution in [0.15, 0.2) is 77.9 Å². The largest absolute Gasteiger partial charge is 0.459 e. The number of hydrogen-bond acceptors (Lipinski definition) is 2. The third-order valence-electron chi connectivity index (χ3n) is 5.55. The predicted molar refractivity (Wildman–Crippen MR) is 117 cm³/mol. The Morgan fingerprint density at radius 2 is 1.43 bits per heavy atom. The van der Waals surface area contributed by atoms with Crippen LogP contribution in [0.1, 0.15) is 23.6 Å². The normalized spacial score (nSPS) is 17.0. The zero-order valence-electron chi connectivity index (χ0n) is 17.5. The van der Waals surface area contributed by atoms with Gasteiger partial charge in [0.15, 0.2) is 0 Å². The maximum Gasteiger partial charge on any atom is 0.459 e. The minimum atomic E-state index is -5.83. The van der Waals surface area contributed by atoms with Crippen molar-refractivity contribution in [1.29, 1.82) is 0 Å². The van der Waals surface area contributed by atoms with E-state index in [0.29, 0.717) is 11.1 Å². The Labute approximate surface area is 199 Å². The lowest BCUT2D eigenvalue weighted by Crippen LogP contribution is -2.43. The molecule has 0 N–H and O–H groups in total. The highest BCUT2D eigenvalue weighted by Gasteiger charge is 2.62. The fourth-order valence-corrected chi connectivity index (χ4v) is 3.98. The van der Waals surface area contributed by atoms with Crippen LogP contribution in [0.4, 0.5) is 40.8 Å². The van der Waals surface area contributed by atoms with Crippen LogP contribution in [-0.2, 0) is 6.18 Å². The molecule has 0 aromatic heterocycles. The Kier molecular flexibility index (Phi) is 6.29. The summed E-state index contributed by atoms with van der Waals surface area (Å²) >= 11 is 6.15. The van der Waals surface area contributed by atoms with Gasteiger partial charge >= 0.3 is 18.3 Å². The van der Waals surface area contributed by atoms with Gasteiger partial charge in [0.1, 0.15) is 5.71 Å². The van der Waals surface area contributed by atoms with Crippen molar-refractivity contribution in [3.8, 4) is 11.1 Å². The molecule has 0 spiro atoms. The second-order valence-corrected chi connectivity index (χ2v) is 8.24. The van der Waals surface area contributed by atoms with Gasteiger partial charge in [-0.05, 0) is 41.0 Å². The van der Waals surface area contributed by atoms with Crippen LogP contribution >= 0.6 is 11.6 Å². The second-order valence-electron chi connectivity index (χ2n) is 7.84. The summed E-state index contributed by atoms with van der Waals surface area (Å²) in [5.41, 5.74) is -1.07. The zero-order valence-corrected chi connectivity index (χ0v) is 18.3. The van der Waals surface area contributed by atoms with E-state index in [1.165, 1.54) is 54.6 Å². The summed E-state index contributed by atoms with van der Waals surface area (Å²) in [6, 6.07) is 15.4. The molecule has 35 heavy (non-hydrogen) atoms. The predicted octanol–water partition coefficient (Wildman–Crippen LogP) is 8.53. The molecule has 0 saturated carbocycles. The van der Waals surface area contributed by atoms with E-state index in [4.69, 9.17) is 11.6 Å². The minimum Gasteiger partial charge on any atom is -0.256 e. The lowest BCUT2D eigenvalue weighted by atomic mass is 9.96. The van der Waals surface area contributed by atoms with Crippen molar-refractivity contribution in [1.82, 2.24) is 0 Å². The average Bonchev–Trinajstić information content (AvgIpc) is 3.24. The summed E-state index contributed by atoms with van der Waals surface area (Å²) in [6.45, 7) is 0. The van der Waals surface area contributed by atoms with Gasteiger partial charge in [-0.1, -0.05) is 60.1 Å². The van der Waals surface area contributed by atoms with Crippen molar-refractivity contribution in [3.63, 3.8) is 0 Å². The number of halogens is 9. The zero-order chi connectivity index (χ0) is 25.6. The number of rotatable bonds is 4. The van der Waals surface area contributed by atoms with E-state index in [0.717, 1.165) is 17.1 Å². The molecule has 4 rings (SSSR count). The molecule has 0 radical (unpaired) electrons. The molecule has 0 fully saturated rings. The molecule has 1 aliphatic rings. The molecule has 184 valence electrons. The van der Waals surface area contributed by atoms with Gasteiger partial charge < -0.3 is 0 Å². The van der Waals surface area contributed by atoms with Gasteiger partial charge in [-0.2, -0.15) is 40.2 Å². The molecular formula is C24H15ClF8N2. The fraction of sp³-hybridized carbons (Fsp3) is 0.208. The van der Waals surface area contributed by atoms with E-state index >= 15 is 0 Å². The number of anilines is 1. The van der Waals surface area contributed by atoms with Crippen LogP contribution in [0.5, 0.6) is 0 Å². The summed E-state index contributed by atoms with van der Waals surface area (Å²) < 4.78 is 106. The van der Waals surface area contributed by atoms with E-state index in [1.807, 2.05) is 0 Å². The maximum atomic E-state index is 14.1. The third-order valence-corrected chi connectivity index (χ3v) is 5.87. The first-order valence-electron chi connectivity index (χ1n) is 10.1. The van der Waals surface area contributed by atoms with Gasteiger partial charge in [0.05, 0.1) is 22.3 Å². The minimum absolute atomic E-state index is 0.0958. The number of hydrogen-bond donors (Lipinski definition) is 0. The van der Waals surface area contributed by atoms with E-state index in [9.17, 15) is 35.1 Å². The van der Waals surface area contributed by atoms with E-state index < -0.39 is 42.0 Å². The molecule has 2 nitrogen and oxygen atoms in total. The maximum absolute atomic E-state index is 14.1. The summed E-state index contributed by atoms with van der Waals surface area (Å²) in [5, 5.41) is 4.71. The van der Waals surface area contributed by atoms with E-state index in [2.05, 4.69) is 5.10 Å². The van der Waals surface area contributed by atoms with E-state index in [1.54, 1.807) is 6.07 Å².